The van der Waals surface area contributed by atoms with E-state index in [4.69, 9.17) is 9.47 Å². The molecule has 0 aliphatic carbocycles. The van der Waals surface area contributed by atoms with Crippen LogP contribution in [0.3, 0.4) is 0 Å². The van der Waals surface area contributed by atoms with Gasteiger partial charge < -0.3 is 20.1 Å². The predicted octanol–water partition coefficient (Wildman–Crippen LogP) is 1.31. The molecule has 0 bridgehead atoms. The van der Waals surface area contributed by atoms with Gasteiger partial charge in [0, 0.05) is 11.8 Å². The maximum Gasteiger partial charge on any atom is 0.238 e. The lowest BCUT2D eigenvalue weighted by Crippen LogP contribution is -2.28. The number of rotatable bonds is 4. The number of carbonyl (C=O) groups is 1. The van der Waals surface area contributed by atoms with Gasteiger partial charge in [0.05, 0.1) is 6.54 Å². The van der Waals surface area contributed by atoms with Crippen molar-refractivity contribution in [1.82, 2.24) is 5.32 Å². The lowest BCUT2D eigenvalue weighted by atomic mass is 10.1. The van der Waals surface area contributed by atoms with E-state index in [2.05, 4.69) is 10.6 Å². The van der Waals surface area contributed by atoms with Crippen molar-refractivity contribution in [2.45, 2.75) is 13.8 Å². The highest BCUT2D eigenvalue weighted by Crippen LogP contribution is 2.35. The zero-order chi connectivity index (χ0) is 13.0. The van der Waals surface area contributed by atoms with E-state index in [1.165, 1.54) is 0 Å². The number of benzene rings is 1. The smallest absolute Gasteiger partial charge is 0.238 e. The summed E-state index contributed by atoms with van der Waals surface area (Å²) in [5.74, 6) is 1.37. The van der Waals surface area contributed by atoms with Gasteiger partial charge in [-0.2, -0.15) is 0 Å². The van der Waals surface area contributed by atoms with Crippen molar-refractivity contribution in [1.29, 1.82) is 0 Å². The van der Waals surface area contributed by atoms with Gasteiger partial charge in [-0.15, -0.1) is 0 Å². The van der Waals surface area contributed by atoms with Gasteiger partial charge in [-0.3, -0.25) is 4.79 Å². The molecule has 18 heavy (non-hydrogen) atoms. The van der Waals surface area contributed by atoms with Crippen molar-refractivity contribution >= 4 is 11.6 Å². The van der Waals surface area contributed by atoms with Crippen molar-refractivity contribution in [3.05, 3.63) is 17.7 Å². The van der Waals surface area contributed by atoms with Crippen LogP contribution in [0.5, 0.6) is 11.5 Å². The first-order valence-electron chi connectivity index (χ1n) is 6.11. The Labute approximate surface area is 106 Å². The largest absolute Gasteiger partial charge is 0.486 e. The Morgan fingerprint density at radius 2 is 1.94 bits per heavy atom. The Morgan fingerprint density at radius 3 is 2.61 bits per heavy atom. The van der Waals surface area contributed by atoms with Gasteiger partial charge in [0.1, 0.15) is 13.2 Å². The monoisotopic (exact) mass is 250 g/mol. The van der Waals surface area contributed by atoms with Crippen LogP contribution in [0, 0.1) is 6.92 Å². The number of ether oxygens (including phenoxy) is 2. The van der Waals surface area contributed by atoms with Crippen molar-refractivity contribution in [2.24, 2.45) is 0 Å². The summed E-state index contributed by atoms with van der Waals surface area (Å²) in [6.45, 7) is 6.08. The number of fused-ring (bicyclic) bond motifs is 1. The zero-order valence-corrected chi connectivity index (χ0v) is 10.7. The lowest BCUT2D eigenvalue weighted by molar-refractivity contribution is -0.115. The first kappa shape index (κ1) is 12.7. The zero-order valence-electron chi connectivity index (χ0n) is 10.7. The third-order valence-corrected chi connectivity index (χ3v) is 2.70. The quantitative estimate of drug-likeness (QED) is 0.846. The van der Waals surface area contributed by atoms with Gasteiger partial charge in [0.15, 0.2) is 11.5 Å². The molecule has 1 heterocycles. The maximum atomic E-state index is 11.6. The summed E-state index contributed by atoms with van der Waals surface area (Å²) < 4.78 is 11.0. The van der Waals surface area contributed by atoms with E-state index in [0.717, 1.165) is 23.5 Å². The fourth-order valence-electron chi connectivity index (χ4n) is 1.76. The number of hydrogen-bond donors (Lipinski definition) is 2. The third-order valence-electron chi connectivity index (χ3n) is 2.70. The summed E-state index contributed by atoms with van der Waals surface area (Å²) in [6.07, 6.45) is 0. The molecule has 1 aliphatic heterocycles. The first-order chi connectivity index (χ1) is 8.70. The molecule has 0 atom stereocenters. The molecule has 0 fully saturated rings. The van der Waals surface area contributed by atoms with E-state index in [1.807, 2.05) is 26.0 Å². The average molecular weight is 250 g/mol. The lowest BCUT2D eigenvalue weighted by Gasteiger charge is -2.20. The molecule has 0 unspecified atom stereocenters. The number of carbonyl (C=O) groups excluding carboxylic acids is 1. The molecule has 0 aromatic heterocycles. The summed E-state index contributed by atoms with van der Waals surface area (Å²) in [6, 6.07) is 3.70. The topological polar surface area (TPSA) is 59.6 Å². The van der Waals surface area contributed by atoms with Crippen LogP contribution in [-0.2, 0) is 4.79 Å². The van der Waals surface area contributed by atoms with Gasteiger partial charge in [0.25, 0.3) is 0 Å². The SMILES string of the molecule is CCNCC(=O)Nc1cc2c(cc1C)OCCO2. The summed E-state index contributed by atoms with van der Waals surface area (Å²) in [4.78, 5) is 11.6. The fourth-order valence-corrected chi connectivity index (χ4v) is 1.76. The third kappa shape index (κ3) is 2.92. The van der Waals surface area contributed by atoms with Gasteiger partial charge in [-0.1, -0.05) is 6.92 Å². The summed E-state index contributed by atoms with van der Waals surface area (Å²) in [7, 11) is 0. The Balaban J connectivity index is 2.10. The second kappa shape index (κ2) is 5.73. The molecule has 2 rings (SSSR count). The molecule has 1 aromatic carbocycles. The molecule has 2 N–H and O–H groups in total. The second-order valence-electron chi connectivity index (χ2n) is 4.14. The molecule has 0 spiro atoms. The molecule has 1 amide bonds. The number of amides is 1. The molecule has 0 radical (unpaired) electrons. The highest BCUT2D eigenvalue weighted by atomic mass is 16.6. The van der Waals surface area contributed by atoms with Gasteiger partial charge in [-0.25, -0.2) is 0 Å². The number of aryl methyl sites for hydroxylation is 1. The van der Waals surface area contributed by atoms with E-state index < -0.39 is 0 Å². The number of anilines is 1. The number of likely N-dealkylation sites (N-methyl/N-ethyl adjacent to an activating group) is 1. The fraction of sp³-hybridized carbons (Fsp3) is 0.462. The van der Waals surface area contributed by atoms with Crippen molar-refractivity contribution in [2.75, 3.05) is 31.6 Å². The number of nitrogens with one attached hydrogen (secondary N) is 2. The van der Waals surface area contributed by atoms with E-state index >= 15 is 0 Å². The second-order valence-corrected chi connectivity index (χ2v) is 4.14. The molecule has 98 valence electrons. The Hall–Kier alpha value is -1.75. The highest BCUT2D eigenvalue weighted by molar-refractivity contribution is 5.93. The Bertz CT molecular complexity index is 446. The standard InChI is InChI=1S/C13H18N2O3/c1-3-14-8-13(16)15-10-7-12-11(6-9(10)2)17-4-5-18-12/h6-7,14H,3-5,8H2,1-2H3,(H,15,16). The van der Waals surface area contributed by atoms with E-state index in [-0.39, 0.29) is 5.91 Å². The van der Waals surface area contributed by atoms with Crippen molar-refractivity contribution in [3.63, 3.8) is 0 Å². The van der Waals surface area contributed by atoms with E-state index in [1.54, 1.807) is 0 Å². The molecule has 0 saturated carbocycles. The highest BCUT2D eigenvalue weighted by Gasteiger charge is 2.15. The van der Waals surface area contributed by atoms with Crippen LogP contribution in [-0.4, -0.2) is 32.2 Å². The molecular weight excluding hydrogens is 232 g/mol. The van der Waals surface area contributed by atoms with Crippen LogP contribution >= 0.6 is 0 Å². The van der Waals surface area contributed by atoms with Gasteiger partial charge in [0.2, 0.25) is 5.91 Å². The summed E-state index contributed by atoms with van der Waals surface area (Å²) >= 11 is 0. The molecule has 0 saturated heterocycles. The maximum absolute atomic E-state index is 11.6. The normalized spacial score (nSPS) is 13.2. The van der Waals surface area contributed by atoms with Gasteiger partial charge in [-0.05, 0) is 25.1 Å². The van der Waals surface area contributed by atoms with E-state index in [0.29, 0.717) is 25.5 Å². The van der Waals surface area contributed by atoms with Crippen molar-refractivity contribution in [3.8, 4) is 11.5 Å². The van der Waals surface area contributed by atoms with Crippen LogP contribution in [0.1, 0.15) is 12.5 Å². The minimum absolute atomic E-state index is 0.0587. The summed E-state index contributed by atoms with van der Waals surface area (Å²) in [5.41, 5.74) is 1.73. The van der Waals surface area contributed by atoms with Crippen LogP contribution in [0.25, 0.3) is 0 Å². The molecule has 5 nitrogen and oxygen atoms in total. The minimum Gasteiger partial charge on any atom is -0.486 e. The van der Waals surface area contributed by atoms with Crippen LogP contribution in [0.2, 0.25) is 0 Å². The predicted molar refractivity (Wildman–Crippen MR) is 69.3 cm³/mol. The van der Waals surface area contributed by atoms with Crippen LogP contribution < -0.4 is 20.1 Å². The molecule has 5 heteroatoms. The Morgan fingerprint density at radius 1 is 1.28 bits per heavy atom. The molecular formula is C13H18N2O3. The molecule has 1 aliphatic rings. The summed E-state index contributed by atoms with van der Waals surface area (Å²) in [5, 5.41) is 5.84. The van der Waals surface area contributed by atoms with Crippen LogP contribution in [0.15, 0.2) is 12.1 Å². The van der Waals surface area contributed by atoms with Crippen LogP contribution in [0.4, 0.5) is 5.69 Å². The minimum atomic E-state index is -0.0587. The van der Waals surface area contributed by atoms with Crippen molar-refractivity contribution < 1.29 is 14.3 Å². The van der Waals surface area contributed by atoms with Gasteiger partial charge >= 0.3 is 0 Å². The van der Waals surface area contributed by atoms with E-state index in [9.17, 15) is 4.79 Å². The number of hydrogen-bond acceptors (Lipinski definition) is 4. The Kier molecular flexibility index (Phi) is 4.04. The molecule has 1 aromatic rings. The first-order valence-corrected chi connectivity index (χ1v) is 6.11. The average Bonchev–Trinajstić information content (AvgIpc) is 2.37.